The van der Waals surface area contributed by atoms with Crippen LogP contribution in [0, 0.1) is 3.80 Å². The molecule has 1 aliphatic rings. The van der Waals surface area contributed by atoms with Crippen LogP contribution in [-0.4, -0.2) is 25.2 Å². The van der Waals surface area contributed by atoms with Crippen molar-refractivity contribution in [2.75, 3.05) is 11.4 Å². The van der Waals surface area contributed by atoms with Gasteiger partial charge in [0.2, 0.25) is 0 Å². The van der Waals surface area contributed by atoms with Gasteiger partial charge in [0.05, 0.1) is 0 Å². The second-order valence-corrected chi connectivity index (χ2v) is 26.7. The number of imidazole rings is 1. The molecule has 0 bridgehead atoms. The van der Waals surface area contributed by atoms with Crippen molar-refractivity contribution in [3.8, 4) is 50.9 Å². The topological polar surface area (TPSA) is 40.1 Å². The van der Waals surface area contributed by atoms with E-state index in [1.165, 1.54) is 61.0 Å². The summed E-state index contributed by atoms with van der Waals surface area (Å²) >= 11 is 2.63. The second kappa shape index (κ2) is 19.4. The number of aromatic nitrogens is 4. The van der Waals surface area contributed by atoms with Gasteiger partial charge in [0.15, 0.2) is 0 Å². The zero-order chi connectivity index (χ0) is 55.3. The first-order valence-electron chi connectivity index (χ1n) is 27.9. The van der Waals surface area contributed by atoms with Gasteiger partial charge in [0, 0.05) is 6.20 Å². The van der Waals surface area contributed by atoms with E-state index in [0.717, 1.165) is 78.8 Å². The van der Waals surface area contributed by atoms with Gasteiger partial charge in [-0.3, -0.25) is 0 Å². The average molecular weight is 1220 g/mol. The molecule has 0 aliphatic carbocycles. The molecule has 0 unspecified atom stereocenters. The van der Waals surface area contributed by atoms with E-state index in [4.69, 9.17) is 9.72 Å². The summed E-state index contributed by atoms with van der Waals surface area (Å²) in [5, 5.41) is 2.33. The van der Waals surface area contributed by atoms with E-state index in [2.05, 4.69) is 303 Å². The van der Waals surface area contributed by atoms with Crippen LogP contribution < -0.4 is 9.64 Å². The van der Waals surface area contributed by atoms with Gasteiger partial charge in [-0.05, 0) is 17.0 Å². The van der Waals surface area contributed by atoms with Gasteiger partial charge in [0.25, 0.3) is 0 Å². The standard InChI is InChI=1S/C72H71N5O.Pt/c1-69(2,3)50-23-18-22-48(39-50)57-27-20-28-58(49-40-52(71(7,8)9)42-53(41-49)72(10,11)12)68(57)75-46-76-65-45-56(32-34-62(65)74(54-24-14-13-15-25-54)38-36-47-21-19-30-63(75)67(47)76)78-55-31-33-60-59-26-16-17-29-61(59)77(64(60)44-55)66-43-51(35-37-73-66)70(4,5)6;/h13-35,37,39-45H,36,38H2,1-12H3;. The molecule has 0 radical (unpaired) electrons. The molecule has 8 aromatic carbocycles. The summed E-state index contributed by atoms with van der Waals surface area (Å²) in [6.45, 7) is 28.5. The number of para-hydroxylation sites is 4. The number of anilines is 2. The number of hydrogen-bond acceptors (Lipinski definition) is 3. The normalized spacial score (nSPS) is 13.3. The minimum atomic E-state index is -0.0653. The maximum absolute atomic E-state index is 7.14. The first-order valence-corrected chi connectivity index (χ1v) is 29.0. The number of hydrogen-bond donors (Lipinski definition) is 0. The SMILES string of the molecule is CC(C)(C)c1cccc(-c2cccc(-c3cc(C(C)(C)C)cc(C(C)(C)C)c3)c2-n2[c](=[Pt])n3c4c(cccc42)CCN(c2ccccc2)c2ccc(Oc4ccc5c6ccccc6n(-c6cc(C(C)(C)C)ccn6)c5c4)cc2-3)c1. The number of fused-ring (bicyclic) bond motifs is 5. The van der Waals surface area contributed by atoms with E-state index in [-0.39, 0.29) is 21.7 Å². The van der Waals surface area contributed by atoms with Crippen LogP contribution in [0.15, 0.2) is 188 Å². The molecule has 7 heteroatoms. The van der Waals surface area contributed by atoms with Crippen molar-refractivity contribution in [1.82, 2.24) is 18.7 Å². The third-order valence-electron chi connectivity index (χ3n) is 16.1. The van der Waals surface area contributed by atoms with Crippen LogP contribution in [0.3, 0.4) is 0 Å². The van der Waals surface area contributed by atoms with Crippen LogP contribution >= 0.6 is 0 Å². The average Bonchev–Trinajstić information content (AvgIpc) is 3.85. The Labute approximate surface area is 477 Å². The Morgan fingerprint density at radius 3 is 1.76 bits per heavy atom. The number of benzene rings is 8. The first kappa shape index (κ1) is 52.2. The molecule has 1 aliphatic heterocycles. The molecule has 0 fully saturated rings. The number of ether oxygens (including phenoxy) is 1. The van der Waals surface area contributed by atoms with Crippen LogP contribution in [0.2, 0.25) is 0 Å². The number of pyridine rings is 1. The quantitative estimate of drug-likeness (QED) is 0.160. The molecule has 6 nitrogen and oxygen atoms in total. The van der Waals surface area contributed by atoms with E-state index >= 15 is 0 Å². The van der Waals surface area contributed by atoms with E-state index < -0.39 is 0 Å². The third kappa shape index (κ3) is 9.50. The van der Waals surface area contributed by atoms with Crippen LogP contribution in [0.5, 0.6) is 11.5 Å². The van der Waals surface area contributed by atoms with Crippen molar-refractivity contribution < 1.29 is 24.1 Å². The van der Waals surface area contributed by atoms with Gasteiger partial charge in [-0.15, -0.1) is 0 Å². The van der Waals surface area contributed by atoms with Gasteiger partial charge in [0.1, 0.15) is 0 Å². The fourth-order valence-corrected chi connectivity index (χ4v) is 12.6. The fourth-order valence-electron chi connectivity index (χ4n) is 11.6. The molecular weight excluding hydrogens is 1150 g/mol. The zero-order valence-corrected chi connectivity index (χ0v) is 50.0. The Hall–Kier alpha value is -7.53. The van der Waals surface area contributed by atoms with Crippen LogP contribution in [0.25, 0.3) is 72.3 Å². The Morgan fingerprint density at radius 2 is 1.04 bits per heavy atom. The summed E-state index contributed by atoms with van der Waals surface area (Å²) < 4.78 is 15.6. The molecule has 0 saturated carbocycles. The molecule has 0 atom stereocenters. The predicted molar refractivity (Wildman–Crippen MR) is 327 cm³/mol. The summed E-state index contributed by atoms with van der Waals surface area (Å²) in [6, 6.07) is 67.4. The second-order valence-electron chi connectivity index (χ2n) is 25.7. The van der Waals surface area contributed by atoms with Crippen LogP contribution in [0.1, 0.15) is 111 Å². The van der Waals surface area contributed by atoms with Gasteiger partial charge in [-0.1, -0.05) is 32.9 Å². The van der Waals surface area contributed by atoms with E-state index in [9.17, 15) is 0 Å². The van der Waals surface area contributed by atoms with Gasteiger partial charge < -0.3 is 0 Å². The predicted octanol–water partition coefficient (Wildman–Crippen LogP) is 19.0. The molecule has 11 aromatic rings. The molecule has 3 aromatic heterocycles. The van der Waals surface area contributed by atoms with Crippen LogP contribution in [-0.2, 0) is 47.4 Å². The minimum absolute atomic E-state index is 0.0357. The monoisotopic (exact) mass is 1220 g/mol. The summed E-state index contributed by atoms with van der Waals surface area (Å²) in [4.78, 5) is 7.45. The number of nitrogens with zero attached hydrogens (tertiary/aromatic N) is 5. The maximum atomic E-state index is 7.14. The summed E-state index contributed by atoms with van der Waals surface area (Å²) in [5.74, 6) is 2.39. The molecule has 0 spiro atoms. The van der Waals surface area contributed by atoms with Crippen molar-refractivity contribution >= 4 is 44.2 Å². The molecule has 4 heterocycles. The summed E-state index contributed by atoms with van der Waals surface area (Å²) in [7, 11) is 0. The molecule has 0 N–H and O–H groups in total. The van der Waals surface area contributed by atoms with Crippen molar-refractivity contribution in [1.29, 1.82) is 0 Å². The van der Waals surface area contributed by atoms with Crippen LogP contribution in [0.4, 0.5) is 11.4 Å². The van der Waals surface area contributed by atoms with Crippen molar-refractivity contribution in [3.05, 3.63) is 220 Å². The van der Waals surface area contributed by atoms with E-state index in [1.807, 2.05) is 6.20 Å². The fraction of sp³-hybridized carbons (Fsp3) is 0.250. The van der Waals surface area contributed by atoms with Crippen molar-refractivity contribution in [3.63, 3.8) is 0 Å². The molecule has 79 heavy (non-hydrogen) atoms. The van der Waals surface area contributed by atoms with Gasteiger partial charge >= 0.3 is 424 Å². The Bertz CT molecular complexity index is 4210. The van der Waals surface area contributed by atoms with E-state index in [0.29, 0.717) is 0 Å². The molecule has 400 valence electrons. The summed E-state index contributed by atoms with van der Waals surface area (Å²) in [6.07, 6.45) is 2.78. The molecular formula is C72H71N5OPt. The van der Waals surface area contributed by atoms with Crippen molar-refractivity contribution in [2.24, 2.45) is 0 Å². The molecule has 12 rings (SSSR count). The molecule has 0 amide bonds. The number of rotatable bonds is 7. The first-order chi connectivity index (χ1) is 37.6. The summed E-state index contributed by atoms with van der Waals surface area (Å²) in [5.41, 5.74) is 20.0. The van der Waals surface area contributed by atoms with Crippen molar-refractivity contribution in [2.45, 2.75) is 111 Å². The van der Waals surface area contributed by atoms with Gasteiger partial charge in [-0.25, -0.2) is 0 Å². The Kier molecular flexibility index (Phi) is 12.8. The Balaban J connectivity index is 1.11. The third-order valence-corrected chi connectivity index (χ3v) is 17.1. The molecule has 0 saturated heterocycles. The zero-order valence-electron chi connectivity index (χ0n) is 47.8. The van der Waals surface area contributed by atoms with Gasteiger partial charge in [-0.2, -0.15) is 0 Å². The van der Waals surface area contributed by atoms with E-state index in [1.54, 1.807) is 0 Å². The Morgan fingerprint density at radius 1 is 0.443 bits per heavy atom.